The smallest absolute Gasteiger partial charge is 0.255 e. The maximum absolute atomic E-state index is 10.7. The predicted octanol–water partition coefficient (Wildman–Crippen LogP) is 0.380. The number of benzene rings is 1. The van der Waals surface area contributed by atoms with Crippen LogP contribution >= 0.6 is 0 Å². The quantitative estimate of drug-likeness (QED) is 0.725. The Balaban J connectivity index is 3.14. The zero-order chi connectivity index (χ0) is 12.8. The Kier molecular flexibility index (Phi) is 4.33. The van der Waals surface area contributed by atoms with Gasteiger partial charge in [-0.05, 0) is 12.1 Å². The molecule has 17 heavy (non-hydrogen) atoms. The minimum atomic E-state index is -0.617. The van der Waals surface area contributed by atoms with Crippen LogP contribution in [0.3, 0.4) is 0 Å². The summed E-state index contributed by atoms with van der Waals surface area (Å²) in [7, 11) is 2.83. The van der Waals surface area contributed by atoms with Gasteiger partial charge in [0.25, 0.3) is 5.91 Å². The topological polar surface area (TPSA) is 87.8 Å². The van der Waals surface area contributed by atoms with Gasteiger partial charge in [0, 0.05) is 5.56 Å². The third-order valence-corrected chi connectivity index (χ3v) is 1.98. The first-order chi connectivity index (χ1) is 8.12. The summed E-state index contributed by atoms with van der Waals surface area (Å²) in [6, 6.07) is 2.96. The molecule has 1 aromatic carbocycles. The van der Waals surface area contributed by atoms with Crippen LogP contribution in [0.25, 0.3) is 0 Å². The molecule has 0 aliphatic rings. The molecule has 1 rings (SSSR count). The monoisotopic (exact) mass is 239 g/mol. The molecule has 92 valence electrons. The lowest BCUT2D eigenvalue weighted by Crippen LogP contribution is -2.20. The Morgan fingerprint density at radius 1 is 1.29 bits per heavy atom. The zero-order valence-electron chi connectivity index (χ0n) is 9.56. The molecule has 6 heteroatoms. The molecule has 0 bridgehead atoms. The largest absolute Gasteiger partial charge is 0.493 e. The van der Waals surface area contributed by atoms with E-state index in [9.17, 15) is 9.59 Å². The van der Waals surface area contributed by atoms with Crippen molar-refractivity contribution in [3.05, 3.63) is 17.7 Å². The van der Waals surface area contributed by atoms with Crippen LogP contribution in [0.2, 0.25) is 0 Å². The second-order valence-corrected chi connectivity index (χ2v) is 3.13. The summed E-state index contributed by atoms with van der Waals surface area (Å²) in [5.41, 5.74) is 5.36. The van der Waals surface area contributed by atoms with Gasteiger partial charge in [-0.15, -0.1) is 0 Å². The maximum Gasteiger partial charge on any atom is 0.255 e. The maximum atomic E-state index is 10.7. The number of rotatable bonds is 6. The van der Waals surface area contributed by atoms with Crippen molar-refractivity contribution in [2.45, 2.75) is 0 Å². The standard InChI is InChI=1S/C11H13NO5/c1-15-8-3-7(5-13)4-9(16-2)11(8)17-6-10(12)14/h3-5H,6H2,1-2H3,(H2,12,14). The van der Waals surface area contributed by atoms with Crippen molar-refractivity contribution in [2.75, 3.05) is 20.8 Å². The molecule has 0 saturated carbocycles. The van der Waals surface area contributed by atoms with Gasteiger partial charge in [-0.3, -0.25) is 9.59 Å². The highest BCUT2D eigenvalue weighted by Gasteiger charge is 2.14. The molecule has 0 saturated heterocycles. The van der Waals surface area contributed by atoms with Gasteiger partial charge in [0.2, 0.25) is 5.75 Å². The molecule has 0 aliphatic carbocycles. The first-order valence-corrected chi connectivity index (χ1v) is 4.74. The Labute approximate surface area is 98.3 Å². The van der Waals surface area contributed by atoms with Crippen LogP contribution in [0, 0.1) is 0 Å². The second kappa shape index (κ2) is 5.74. The lowest BCUT2D eigenvalue weighted by Gasteiger charge is -2.13. The number of carbonyl (C=O) groups excluding carboxylic acids is 2. The Hall–Kier alpha value is -2.24. The van der Waals surface area contributed by atoms with Gasteiger partial charge in [0.15, 0.2) is 18.1 Å². The van der Waals surface area contributed by atoms with Crippen molar-refractivity contribution >= 4 is 12.2 Å². The highest BCUT2D eigenvalue weighted by molar-refractivity contribution is 5.79. The molecule has 0 unspecified atom stereocenters. The summed E-state index contributed by atoms with van der Waals surface area (Å²) in [5.74, 6) is 0.216. The van der Waals surface area contributed by atoms with E-state index in [0.717, 1.165) is 0 Å². The molecule has 0 spiro atoms. The first-order valence-electron chi connectivity index (χ1n) is 4.74. The van der Waals surface area contributed by atoms with Gasteiger partial charge in [-0.1, -0.05) is 0 Å². The molecule has 1 amide bonds. The van der Waals surface area contributed by atoms with Gasteiger partial charge >= 0.3 is 0 Å². The van der Waals surface area contributed by atoms with Crippen LogP contribution in [0.15, 0.2) is 12.1 Å². The number of amides is 1. The summed E-state index contributed by atoms with van der Waals surface area (Å²) in [4.78, 5) is 21.3. The van der Waals surface area contributed by atoms with Crippen LogP contribution in [0.4, 0.5) is 0 Å². The van der Waals surface area contributed by atoms with Crippen molar-refractivity contribution in [3.63, 3.8) is 0 Å². The van der Waals surface area contributed by atoms with Gasteiger partial charge in [0.1, 0.15) is 6.29 Å². The third-order valence-electron chi connectivity index (χ3n) is 1.98. The first kappa shape index (κ1) is 12.8. The predicted molar refractivity (Wildman–Crippen MR) is 59.6 cm³/mol. The molecule has 0 aromatic heterocycles. The van der Waals surface area contributed by atoms with Gasteiger partial charge in [-0.2, -0.15) is 0 Å². The number of ether oxygens (including phenoxy) is 3. The molecular weight excluding hydrogens is 226 g/mol. The molecule has 0 radical (unpaired) electrons. The fourth-order valence-electron chi connectivity index (χ4n) is 1.25. The van der Waals surface area contributed by atoms with E-state index >= 15 is 0 Å². The molecule has 0 atom stereocenters. The number of nitrogens with two attached hydrogens (primary N) is 1. The van der Waals surface area contributed by atoms with Gasteiger partial charge in [0.05, 0.1) is 14.2 Å². The van der Waals surface area contributed by atoms with E-state index in [4.69, 9.17) is 19.9 Å². The van der Waals surface area contributed by atoms with E-state index in [1.165, 1.54) is 26.4 Å². The van der Waals surface area contributed by atoms with E-state index in [2.05, 4.69) is 0 Å². The lowest BCUT2D eigenvalue weighted by molar-refractivity contribution is -0.120. The summed E-state index contributed by atoms with van der Waals surface area (Å²) in [5, 5.41) is 0. The van der Waals surface area contributed by atoms with E-state index in [1.807, 2.05) is 0 Å². The van der Waals surface area contributed by atoms with Crippen molar-refractivity contribution in [2.24, 2.45) is 5.73 Å². The molecular formula is C11H13NO5. The average molecular weight is 239 g/mol. The number of aldehydes is 1. The van der Waals surface area contributed by atoms with Gasteiger partial charge in [-0.25, -0.2) is 0 Å². The van der Waals surface area contributed by atoms with E-state index in [0.29, 0.717) is 23.3 Å². The highest BCUT2D eigenvalue weighted by Crippen LogP contribution is 2.38. The van der Waals surface area contributed by atoms with Crippen LogP contribution in [-0.2, 0) is 4.79 Å². The molecule has 0 aliphatic heterocycles. The number of primary amides is 1. The SMILES string of the molecule is COc1cc(C=O)cc(OC)c1OCC(N)=O. The van der Waals surface area contributed by atoms with Crippen molar-refractivity contribution in [1.82, 2.24) is 0 Å². The lowest BCUT2D eigenvalue weighted by atomic mass is 10.2. The summed E-state index contributed by atoms with van der Waals surface area (Å²) < 4.78 is 15.3. The Morgan fingerprint density at radius 2 is 1.82 bits per heavy atom. The van der Waals surface area contributed by atoms with Crippen LogP contribution in [0.5, 0.6) is 17.2 Å². The number of carbonyl (C=O) groups is 2. The molecule has 0 fully saturated rings. The molecule has 0 heterocycles. The Bertz CT molecular complexity index is 405. The number of hydrogen-bond acceptors (Lipinski definition) is 5. The van der Waals surface area contributed by atoms with Crippen molar-refractivity contribution in [1.29, 1.82) is 0 Å². The van der Waals surface area contributed by atoms with Crippen LogP contribution in [0.1, 0.15) is 10.4 Å². The summed E-state index contributed by atoms with van der Waals surface area (Å²) in [6.07, 6.45) is 0.656. The fraction of sp³-hybridized carbons (Fsp3) is 0.273. The van der Waals surface area contributed by atoms with E-state index in [1.54, 1.807) is 0 Å². The third kappa shape index (κ3) is 3.10. The van der Waals surface area contributed by atoms with Crippen LogP contribution < -0.4 is 19.9 Å². The number of methoxy groups -OCH3 is 2. The second-order valence-electron chi connectivity index (χ2n) is 3.13. The fourth-order valence-corrected chi connectivity index (χ4v) is 1.25. The number of hydrogen-bond donors (Lipinski definition) is 1. The van der Waals surface area contributed by atoms with Crippen molar-refractivity contribution in [3.8, 4) is 17.2 Å². The molecule has 1 aromatic rings. The minimum absolute atomic E-state index is 0.236. The summed E-state index contributed by atoms with van der Waals surface area (Å²) >= 11 is 0. The van der Waals surface area contributed by atoms with E-state index < -0.39 is 5.91 Å². The van der Waals surface area contributed by atoms with Gasteiger partial charge < -0.3 is 19.9 Å². The summed E-state index contributed by atoms with van der Waals surface area (Å²) in [6.45, 7) is -0.298. The van der Waals surface area contributed by atoms with Crippen molar-refractivity contribution < 1.29 is 23.8 Å². The van der Waals surface area contributed by atoms with Crippen LogP contribution in [-0.4, -0.2) is 33.0 Å². The molecule has 6 nitrogen and oxygen atoms in total. The molecule has 2 N–H and O–H groups in total. The minimum Gasteiger partial charge on any atom is -0.493 e. The Morgan fingerprint density at radius 3 is 2.18 bits per heavy atom. The van der Waals surface area contributed by atoms with E-state index in [-0.39, 0.29) is 12.4 Å². The zero-order valence-corrected chi connectivity index (χ0v) is 9.56. The average Bonchev–Trinajstić information content (AvgIpc) is 2.34. The normalized spacial score (nSPS) is 9.53. The highest BCUT2D eigenvalue weighted by atomic mass is 16.5.